The Labute approximate surface area is 137 Å². The van der Waals surface area contributed by atoms with Gasteiger partial charge < -0.3 is 15.4 Å². The van der Waals surface area contributed by atoms with Gasteiger partial charge in [0.05, 0.1) is 18.8 Å². The highest BCUT2D eigenvalue weighted by Crippen LogP contribution is 2.17. The summed E-state index contributed by atoms with van der Waals surface area (Å²) in [5, 5.41) is 0. The minimum absolute atomic E-state index is 0.0931. The molecule has 1 saturated heterocycles. The van der Waals surface area contributed by atoms with Crippen molar-refractivity contribution in [3.8, 4) is 0 Å². The van der Waals surface area contributed by atoms with Crippen LogP contribution in [0.1, 0.15) is 24.8 Å². The maximum atomic E-state index is 12.2. The van der Waals surface area contributed by atoms with Crippen molar-refractivity contribution in [1.82, 2.24) is 4.90 Å². The van der Waals surface area contributed by atoms with Gasteiger partial charge in [-0.2, -0.15) is 11.8 Å². The third kappa shape index (κ3) is 5.30. The molecule has 0 aliphatic carbocycles. The lowest BCUT2D eigenvalue weighted by Crippen LogP contribution is -2.48. The molecule has 0 unspecified atom stereocenters. The van der Waals surface area contributed by atoms with Crippen molar-refractivity contribution in [2.45, 2.75) is 38.0 Å². The number of ether oxygens (including phenoxy) is 1. The molecule has 1 atom stereocenters. The Kier molecular flexibility index (Phi) is 7.22. The van der Waals surface area contributed by atoms with E-state index in [1.807, 2.05) is 29.4 Å². The Morgan fingerprint density at radius 1 is 1.36 bits per heavy atom. The van der Waals surface area contributed by atoms with Crippen LogP contribution in [-0.4, -0.2) is 48.1 Å². The zero-order valence-electron chi connectivity index (χ0n) is 13.2. The normalized spacial score (nSPS) is 17.5. The summed E-state index contributed by atoms with van der Waals surface area (Å²) in [7, 11) is 0. The van der Waals surface area contributed by atoms with Crippen LogP contribution in [0.5, 0.6) is 0 Å². The summed E-state index contributed by atoms with van der Waals surface area (Å²) >= 11 is 1.73. The Balaban J connectivity index is 1.70. The number of thioether (sulfide) groups is 1. The number of piperidine rings is 1. The lowest BCUT2D eigenvalue weighted by Gasteiger charge is -2.33. The highest BCUT2D eigenvalue weighted by molar-refractivity contribution is 7.98. The molecule has 1 amide bonds. The van der Waals surface area contributed by atoms with Crippen LogP contribution in [-0.2, 0) is 16.1 Å². The maximum Gasteiger partial charge on any atom is 0.239 e. The molecule has 2 rings (SSSR count). The molecule has 2 N–H and O–H groups in total. The molecule has 1 aliphatic rings. The number of rotatable bonds is 7. The standard InChI is InChI=1S/C17H26N2O2S/c1-22-12-9-16(18)17(20)19-10-7-15(8-11-19)21-13-14-5-3-2-4-6-14/h2-6,15-16H,7-13,18H2,1H3/t16-/m0/s1. The second-order valence-corrected chi connectivity index (χ2v) is 6.69. The first-order chi connectivity index (χ1) is 10.7. The van der Waals surface area contributed by atoms with Crippen molar-refractivity contribution in [3.05, 3.63) is 35.9 Å². The Bertz CT molecular complexity index is 447. The Morgan fingerprint density at radius 3 is 2.68 bits per heavy atom. The van der Waals surface area contributed by atoms with E-state index in [2.05, 4.69) is 12.1 Å². The number of benzene rings is 1. The second-order valence-electron chi connectivity index (χ2n) is 5.71. The van der Waals surface area contributed by atoms with Gasteiger partial charge >= 0.3 is 0 Å². The molecular weight excluding hydrogens is 296 g/mol. The van der Waals surface area contributed by atoms with Gasteiger partial charge in [0.2, 0.25) is 5.91 Å². The summed E-state index contributed by atoms with van der Waals surface area (Å²) in [6.45, 7) is 2.16. The number of carbonyl (C=O) groups excluding carboxylic acids is 1. The van der Waals surface area contributed by atoms with Crippen LogP contribution in [0, 0.1) is 0 Å². The van der Waals surface area contributed by atoms with E-state index in [9.17, 15) is 4.79 Å². The molecule has 1 fully saturated rings. The lowest BCUT2D eigenvalue weighted by atomic mass is 10.1. The third-order valence-electron chi connectivity index (χ3n) is 4.03. The molecule has 122 valence electrons. The molecule has 4 nitrogen and oxygen atoms in total. The fraction of sp³-hybridized carbons (Fsp3) is 0.588. The van der Waals surface area contributed by atoms with E-state index in [0.717, 1.165) is 38.1 Å². The summed E-state index contributed by atoms with van der Waals surface area (Å²) in [5.74, 6) is 1.03. The number of likely N-dealkylation sites (tertiary alicyclic amines) is 1. The summed E-state index contributed by atoms with van der Waals surface area (Å²) in [4.78, 5) is 14.1. The molecule has 1 aromatic carbocycles. The number of hydrogen-bond donors (Lipinski definition) is 1. The molecule has 22 heavy (non-hydrogen) atoms. The van der Waals surface area contributed by atoms with Crippen LogP contribution >= 0.6 is 11.8 Å². The molecule has 1 aromatic rings. The van der Waals surface area contributed by atoms with E-state index in [0.29, 0.717) is 6.61 Å². The van der Waals surface area contributed by atoms with E-state index in [1.165, 1.54) is 5.56 Å². The fourth-order valence-corrected chi connectivity index (χ4v) is 3.12. The van der Waals surface area contributed by atoms with E-state index in [-0.39, 0.29) is 18.1 Å². The zero-order chi connectivity index (χ0) is 15.8. The molecular formula is C17H26N2O2S. The SMILES string of the molecule is CSCC[C@H](N)C(=O)N1CCC(OCc2ccccc2)CC1. The van der Waals surface area contributed by atoms with Crippen molar-refractivity contribution in [1.29, 1.82) is 0 Å². The smallest absolute Gasteiger partial charge is 0.239 e. The van der Waals surface area contributed by atoms with Crippen molar-refractivity contribution >= 4 is 17.7 Å². The van der Waals surface area contributed by atoms with E-state index < -0.39 is 0 Å². The Morgan fingerprint density at radius 2 is 2.05 bits per heavy atom. The van der Waals surface area contributed by atoms with Gasteiger partial charge in [0, 0.05) is 13.1 Å². The van der Waals surface area contributed by atoms with Gasteiger partial charge in [-0.05, 0) is 36.8 Å². The lowest BCUT2D eigenvalue weighted by molar-refractivity contribution is -0.135. The molecule has 0 radical (unpaired) electrons. The number of nitrogens with zero attached hydrogens (tertiary/aromatic N) is 1. The highest BCUT2D eigenvalue weighted by Gasteiger charge is 2.26. The number of amides is 1. The summed E-state index contributed by atoms with van der Waals surface area (Å²) < 4.78 is 5.95. The molecule has 1 heterocycles. The van der Waals surface area contributed by atoms with Crippen LogP contribution in [0.3, 0.4) is 0 Å². The van der Waals surface area contributed by atoms with E-state index >= 15 is 0 Å². The quantitative estimate of drug-likeness (QED) is 0.837. The molecule has 1 aliphatic heterocycles. The first-order valence-electron chi connectivity index (χ1n) is 7.89. The number of hydrogen-bond acceptors (Lipinski definition) is 4. The van der Waals surface area contributed by atoms with Crippen LogP contribution in [0.15, 0.2) is 30.3 Å². The van der Waals surface area contributed by atoms with Gasteiger partial charge in [-0.15, -0.1) is 0 Å². The molecule has 0 spiro atoms. The van der Waals surface area contributed by atoms with Crippen molar-refractivity contribution < 1.29 is 9.53 Å². The molecule has 0 saturated carbocycles. The first kappa shape index (κ1) is 17.3. The largest absolute Gasteiger partial charge is 0.373 e. The minimum atomic E-state index is -0.353. The number of nitrogens with two attached hydrogens (primary N) is 1. The van der Waals surface area contributed by atoms with Gasteiger partial charge in [0.1, 0.15) is 0 Å². The van der Waals surface area contributed by atoms with E-state index in [1.54, 1.807) is 11.8 Å². The van der Waals surface area contributed by atoms with Crippen LogP contribution in [0.4, 0.5) is 0 Å². The van der Waals surface area contributed by atoms with Crippen molar-refractivity contribution in [3.63, 3.8) is 0 Å². The fourth-order valence-electron chi connectivity index (χ4n) is 2.63. The van der Waals surface area contributed by atoms with Crippen molar-refractivity contribution in [2.75, 3.05) is 25.1 Å². The first-order valence-corrected chi connectivity index (χ1v) is 9.29. The number of carbonyl (C=O) groups is 1. The predicted octanol–water partition coefficient (Wildman–Crippen LogP) is 2.27. The predicted molar refractivity (Wildman–Crippen MR) is 91.8 cm³/mol. The third-order valence-corrected chi connectivity index (χ3v) is 4.68. The average molecular weight is 322 g/mol. The Hall–Kier alpha value is -1.04. The van der Waals surface area contributed by atoms with Gasteiger partial charge in [-0.25, -0.2) is 0 Å². The van der Waals surface area contributed by atoms with Gasteiger partial charge in [-0.1, -0.05) is 30.3 Å². The van der Waals surface area contributed by atoms with Crippen LogP contribution in [0.2, 0.25) is 0 Å². The van der Waals surface area contributed by atoms with Crippen molar-refractivity contribution in [2.24, 2.45) is 5.73 Å². The molecule has 0 bridgehead atoms. The van der Waals surface area contributed by atoms with Gasteiger partial charge in [0.15, 0.2) is 0 Å². The van der Waals surface area contributed by atoms with Gasteiger partial charge in [-0.3, -0.25) is 4.79 Å². The van der Waals surface area contributed by atoms with Crippen LogP contribution in [0.25, 0.3) is 0 Å². The average Bonchev–Trinajstić information content (AvgIpc) is 2.58. The second kappa shape index (κ2) is 9.18. The summed E-state index contributed by atoms with van der Waals surface area (Å²) in [6.07, 6.45) is 4.82. The monoisotopic (exact) mass is 322 g/mol. The van der Waals surface area contributed by atoms with E-state index in [4.69, 9.17) is 10.5 Å². The summed E-state index contributed by atoms with van der Waals surface area (Å²) in [6, 6.07) is 9.85. The zero-order valence-corrected chi connectivity index (χ0v) is 14.1. The maximum absolute atomic E-state index is 12.2. The highest BCUT2D eigenvalue weighted by atomic mass is 32.2. The molecule has 0 aromatic heterocycles. The summed E-state index contributed by atoms with van der Waals surface area (Å²) in [5.41, 5.74) is 7.16. The molecule has 5 heteroatoms. The minimum Gasteiger partial charge on any atom is -0.373 e. The van der Waals surface area contributed by atoms with Gasteiger partial charge in [0.25, 0.3) is 0 Å². The van der Waals surface area contributed by atoms with Crippen LogP contribution < -0.4 is 5.73 Å². The topological polar surface area (TPSA) is 55.6 Å².